The summed E-state index contributed by atoms with van der Waals surface area (Å²) in [6, 6.07) is 6.92. The van der Waals surface area contributed by atoms with Crippen molar-refractivity contribution in [2.24, 2.45) is 5.92 Å². The Balaban J connectivity index is 2.75. The van der Waals surface area contributed by atoms with E-state index in [2.05, 4.69) is 13.8 Å². The zero-order valence-corrected chi connectivity index (χ0v) is 13.7. The van der Waals surface area contributed by atoms with E-state index in [1.165, 1.54) is 0 Å². The molecule has 5 nitrogen and oxygen atoms in total. The number of benzene rings is 1. The van der Waals surface area contributed by atoms with Gasteiger partial charge in [-0.05, 0) is 44.0 Å². The summed E-state index contributed by atoms with van der Waals surface area (Å²) < 4.78 is 5.59. The lowest BCUT2D eigenvalue weighted by Crippen LogP contribution is -2.38. The Kier molecular flexibility index (Phi) is 6.89. The molecule has 0 saturated carbocycles. The van der Waals surface area contributed by atoms with Crippen LogP contribution in [-0.4, -0.2) is 41.1 Å². The van der Waals surface area contributed by atoms with Gasteiger partial charge >= 0.3 is 5.97 Å². The summed E-state index contributed by atoms with van der Waals surface area (Å²) in [6.07, 6.45) is -0.0560. The summed E-state index contributed by atoms with van der Waals surface area (Å²) >= 11 is 0. The van der Waals surface area contributed by atoms with Gasteiger partial charge in [0.15, 0.2) is 0 Å². The third-order valence-corrected chi connectivity index (χ3v) is 3.14. The number of hydrogen-bond acceptors (Lipinski definition) is 3. The van der Waals surface area contributed by atoms with Gasteiger partial charge in [0.1, 0.15) is 5.75 Å². The van der Waals surface area contributed by atoms with Crippen LogP contribution in [0.1, 0.15) is 44.5 Å². The Morgan fingerprint density at radius 1 is 1.14 bits per heavy atom. The van der Waals surface area contributed by atoms with Crippen molar-refractivity contribution >= 4 is 11.9 Å². The molecule has 0 aromatic heterocycles. The van der Waals surface area contributed by atoms with Crippen molar-refractivity contribution in [2.75, 3.05) is 13.2 Å². The second-order valence-corrected chi connectivity index (χ2v) is 5.97. The number of rotatable bonds is 8. The number of carboxylic acid groups (broad SMARTS) is 1. The fourth-order valence-electron chi connectivity index (χ4n) is 1.93. The second kappa shape index (κ2) is 8.41. The average molecular weight is 307 g/mol. The van der Waals surface area contributed by atoms with E-state index in [9.17, 15) is 9.59 Å². The number of hydrogen-bond donors (Lipinski definition) is 1. The fourth-order valence-corrected chi connectivity index (χ4v) is 1.93. The maximum Gasteiger partial charge on any atom is 0.305 e. The number of carbonyl (C=O) groups excluding carboxylic acids is 1. The number of amides is 1. The van der Waals surface area contributed by atoms with E-state index in [1.54, 1.807) is 29.2 Å². The molecule has 1 aromatic rings. The molecule has 0 spiro atoms. The van der Waals surface area contributed by atoms with Gasteiger partial charge in [0, 0.05) is 18.2 Å². The highest BCUT2D eigenvalue weighted by atomic mass is 16.5. The SMILES string of the molecule is CC(C)COc1ccc(C(=O)N(CCC(=O)O)C(C)C)cc1. The Morgan fingerprint density at radius 3 is 2.18 bits per heavy atom. The van der Waals surface area contributed by atoms with Crippen molar-refractivity contribution in [3.05, 3.63) is 29.8 Å². The highest BCUT2D eigenvalue weighted by Gasteiger charge is 2.19. The molecular weight excluding hydrogens is 282 g/mol. The molecule has 5 heteroatoms. The maximum atomic E-state index is 12.5. The van der Waals surface area contributed by atoms with Gasteiger partial charge in [-0.2, -0.15) is 0 Å². The number of ether oxygens (including phenoxy) is 1. The molecule has 122 valence electrons. The molecule has 0 radical (unpaired) electrons. The Hall–Kier alpha value is -2.04. The minimum Gasteiger partial charge on any atom is -0.493 e. The van der Waals surface area contributed by atoms with Gasteiger partial charge < -0.3 is 14.7 Å². The third kappa shape index (κ3) is 5.76. The zero-order chi connectivity index (χ0) is 16.7. The molecule has 1 rings (SSSR count). The summed E-state index contributed by atoms with van der Waals surface area (Å²) in [5.74, 6) is 0.100. The summed E-state index contributed by atoms with van der Waals surface area (Å²) in [6.45, 7) is 8.73. The molecule has 0 aliphatic rings. The lowest BCUT2D eigenvalue weighted by molar-refractivity contribution is -0.137. The van der Waals surface area contributed by atoms with Crippen molar-refractivity contribution in [2.45, 2.75) is 40.2 Å². The van der Waals surface area contributed by atoms with Crippen molar-refractivity contribution in [3.8, 4) is 5.75 Å². The molecular formula is C17H25NO4. The van der Waals surface area contributed by atoms with E-state index in [4.69, 9.17) is 9.84 Å². The molecule has 0 atom stereocenters. The Bertz CT molecular complexity index is 494. The van der Waals surface area contributed by atoms with Gasteiger partial charge in [0.2, 0.25) is 0 Å². The Labute approximate surface area is 131 Å². The predicted octanol–water partition coefficient (Wildman–Crippen LogP) is 3.05. The van der Waals surface area contributed by atoms with Crippen LogP contribution in [0.25, 0.3) is 0 Å². The Morgan fingerprint density at radius 2 is 1.73 bits per heavy atom. The number of aliphatic carboxylic acids is 1. The van der Waals surface area contributed by atoms with E-state index >= 15 is 0 Å². The average Bonchev–Trinajstić information content (AvgIpc) is 2.45. The van der Waals surface area contributed by atoms with Gasteiger partial charge in [-0.15, -0.1) is 0 Å². The molecule has 0 saturated heterocycles. The molecule has 1 N–H and O–H groups in total. The van der Waals surface area contributed by atoms with E-state index < -0.39 is 5.97 Å². The topological polar surface area (TPSA) is 66.8 Å². The van der Waals surface area contributed by atoms with Crippen LogP contribution in [0.4, 0.5) is 0 Å². The predicted molar refractivity (Wildman–Crippen MR) is 85.2 cm³/mol. The van der Waals surface area contributed by atoms with Crippen LogP contribution in [0.15, 0.2) is 24.3 Å². The van der Waals surface area contributed by atoms with Crippen molar-refractivity contribution in [1.29, 1.82) is 0 Å². The van der Waals surface area contributed by atoms with Crippen molar-refractivity contribution in [3.63, 3.8) is 0 Å². The highest BCUT2D eigenvalue weighted by Crippen LogP contribution is 2.16. The van der Waals surface area contributed by atoms with Gasteiger partial charge in [0.25, 0.3) is 5.91 Å². The normalized spacial score (nSPS) is 10.8. The molecule has 0 unspecified atom stereocenters. The maximum absolute atomic E-state index is 12.5. The van der Waals surface area contributed by atoms with Crippen LogP contribution in [-0.2, 0) is 4.79 Å². The standard InChI is InChI=1S/C17H25NO4/c1-12(2)11-22-15-7-5-14(6-8-15)17(21)18(13(3)4)10-9-16(19)20/h5-8,12-13H,9-11H2,1-4H3,(H,19,20). The van der Waals surface area contributed by atoms with Gasteiger partial charge in [-0.1, -0.05) is 13.8 Å². The van der Waals surface area contributed by atoms with Crippen molar-refractivity contribution in [1.82, 2.24) is 4.90 Å². The first kappa shape index (κ1) is 18.0. The van der Waals surface area contributed by atoms with E-state index in [1.807, 2.05) is 13.8 Å². The minimum absolute atomic E-state index is 0.0521. The molecule has 0 bridgehead atoms. The third-order valence-electron chi connectivity index (χ3n) is 3.14. The van der Waals surface area contributed by atoms with E-state index in [0.29, 0.717) is 18.1 Å². The smallest absolute Gasteiger partial charge is 0.305 e. The van der Waals surface area contributed by atoms with Crippen LogP contribution in [0, 0.1) is 5.92 Å². The summed E-state index contributed by atoms with van der Waals surface area (Å²) in [5.41, 5.74) is 0.538. The van der Waals surface area contributed by atoms with Gasteiger partial charge in [-0.3, -0.25) is 9.59 Å². The van der Waals surface area contributed by atoms with Crippen LogP contribution < -0.4 is 4.74 Å². The van der Waals surface area contributed by atoms with Crippen LogP contribution in [0.3, 0.4) is 0 Å². The second-order valence-electron chi connectivity index (χ2n) is 5.97. The van der Waals surface area contributed by atoms with Gasteiger partial charge in [-0.25, -0.2) is 0 Å². The lowest BCUT2D eigenvalue weighted by Gasteiger charge is -2.26. The quantitative estimate of drug-likeness (QED) is 0.801. The van der Waals surface area contributed by atoms with Crippen molar-refractivity contribution < 1.29 is 19.4 Å². The number of nitrogens with zero attached hydrogens (tertiary/aromatic N) is 1. The number of carboxylic acids is 1. The van der Waals surface area contributed by atoms with Crippen LogP contribution >= 0.6 is 0 Å². The lowest BCUT2D eigenvalue weighted by atomic mass is 10.1. The molecule has 0 aliphatic carbocycles. The van der Waals surface area contributed by atoms with E-state index in [0.717, 1.165) is 5.75 Å². The van der Waals surface area contributed by atoms with Gasteiger partial charge in [0.05, 0.1) is 13.0 Å². The number of carbonyl (C=O) groups is 2. The monoisotopic (exact) mass is 307 g/mol. The highest BCUT2D eigenvalue weighted by molar-refractivity contribution is 5.94. The van der Waals surface area contributed by atoms with E-state index in [-0.39, 0.29) is 24.9 Å². The molecule has 0 aliphatic heterocycles. The largest absolute Gasteiger partial charge is 0.493 e. The first-order chi connectivity index (χ1) is 10.3. The first-order valence-electron chi connectivity index (χ1n) is 7.57. The molecule has 0 fully saturated rings. The molecule has 1 aromatic carbocycles. The minimum atomic E-state index is -0.907. The molecule has 22 heavy (non-hydrogen) atoms. The zero-order valence-electron chi connectivity index (χ0n) is 13.7. The summed E-state index contributed by atoms with van der Waals surface area (Å²) in [4.78, 5) is 24.7. The first-order valence-corrected chi connectivity index (χ1v) is 7.57. The summed E-state index contributed by atoms with van der Waals surface area (Å²) in [7, 11) is 0. The molecule has 1 amide bonds. The summed E-state index contributed by atoms with van der Waals surface area (Å²) in [5, 5.41) is 8.78. The van der Waals surface area contributed by atoms with Crippen LogP contribution in [0.5, 0.6) is 5.75 Å². The fraction of sp³-hybridized carbons (Fsp3) is 0.529. The van der Waals surface area contributed by atoms with Crippen LogP contribution in [0.2, 0.25) is 0 Å². The molecule has 0 heterocycles.